The third kappa shape index (κ3) is 7.47. The third-order valence-corrected chi connectivity index (χ3v) is 9.60. The molecule has 2 fully saturated rings. The number of rotatable bonds is 5. The molecule has 2 saturated heterocycles. The van der Waals surface area contributed by atoms with Gasteiger partial charge in [0.25, 0.3) is 0 Å². The van der Waals surface area contributed by atoms with Crippen molar-refractivity contribution in [2.24, 2.45) is 0 Å². The lowest BCUT2D eigenvalue weighted by Crippen LogP contribution is -2.36. The number of hydrogen-bond donors (Lipinski definition) is 2. The molecule has 0 radical (unpaired) electrons. The number of amides is 2. The molecule has 4 heterocycles. The number of carbonyl (C=O) groups is 2. The summed E-state index contributed by atoms with van der Waals surface area (Å²) in [6.45, 7) is 12.5. The van der Waals surface area contributed by atoms with Crippen LogP contribution in [-0.2, 0) is 9.47 Å². The molecule has 7 rings (SSSR count). The molecule has 2 aliphatic heterocycles. The van der Waals surface area contributed by atoms with Crippen LogP contribution < -0.4 is 0 Å². The smallest absolute Gasteiger partial charge is 0.410 e. The number of nitrogens with one attached hydrogen (secondary N) is 2. The van der Waals surface area contributed by atoms with Gasteiger partial charge in [0.15, 0.2) is 5.15 Å². The summed E-state index contributed by atoms with van der Waals surface area (Å²) in [4.78, 5) is 45.4. The fourth-order valence-electron chi connectivity index (χ4n) is 6.97. The summed E-state index contributed by atoms with van der Waals surface area (Å²) in [5, 5.41) is 2.62. The number of ether oxygens (including phenoxy) is 2. The van der Waals surface area contributed by atoms with E-state index < -0.39 is 11.2 Å². The minimum atomic E-state index is -0.568. The van der Waals surface area contributed by atoms with Crippen molar-refractivity contribution in [3.05, 3.63) is 83.7 Å². The Balaban J connectivity index is 1.05. The zero-order valence-corrected chi connectivity index (χ0v) is 30.8. The van der Waals surface area contributed by atoms with E-state index in [0.717, 1.165) is 75.9 Å². The van der Waals surface area contributed by atoms with Gasteiger partial charge in [-0.15, -0.1) is 0 Å². The van der Waals surface area contributed by atoms with Crippen LogP contribution in [0.1, 0.15) is 91.0 Å². The fourth-order valence-corrected chi connectivity index (χ4v) is 7.22. The second-order valence-corrected chi connectivity index (χ2v) is 15.8. The predicted molar refractivity (Wildman–Crippen MR) is 199 cm³/mol. The maximum absolute atomic E-state index is 12.9. The summed E-state index contributed by atoms with van der Waals surface area (Å²) in [7, 11) is 0. The van der Waals surface area contributed by atoms with Gasteiger partial charge in [0.2, 0.25) is 0 Å². The van der Waals surface area contributed by atoms with E-state index in [2.05, 4.69) is 68.5 Å². The maximum Gasteiger partial charge on any atom is 0.410 e. The van der Waals surface area contributed by atoms with Crippen molar-refractivity contribution in [1.82, 2.24) is 29.7 Å². The number of fused-ring (bicyclic) bond motifs is 1. The van der Waals surface area contributed by atoms with Gasteiger partial charge in [-0.1, -0.05) is 60.1 Å². The van der Waals surface area contributed by atoms with E-state index in [1.165, 1.54) is 0 Å². The Kier molecular flexibility index (Phi) is 9.08. The van der Waals surface area contributed by atoms with Crippen molar-refractivity contribution in [3.8, 4) is 33.6 Å². The van der Waals surface area contributed by atoms with E-state index in [4.69, 9.17) is 21.1 Å². The molecule has 2 aliphatic rings. The number of benzene rings is 3. The van der Waals surface area contributed by atoms with Gasteiger partial charge >= 0.3 is 12.2 Å². The van der Waals surface area contributed by atoms with Gasteiger partial charge in [-0.3, -0.25) is 9.80 Å². The first-order valence-corrected chi connectivity index (χ1v) is 18.0. The van der Waals surface area contributed by atoms with Crippen molar-refractivity contribution in [1.29, 1.82) is 0 Å². The second kappa shape index (κ2) is 13.4. The molecule has 2 aromatic heterocycles. The molecule has 0 aliphatic carbocycles. The van der Waals surface area contributed by atoms with Crippen molar-refractivity contribution in [3.63, 3.8) is 0 Å². The van der Waals surface area contributed by atoms with Crippen molar-refractivity contribution < 1.29 is 19.1 Å². The minimum absolute atomic E-state index is 0.129. The molecule has 1 unspecified atom stereocenters. The van der Waals surface area contributed by atoms with Crippen LogP contribution in [0.3, 0.4) is 0 Å². The Morgan fingerprint density at radius 1 is 0.706 bits per heavy atom. The maximum atomic E-state index is 12.9. The molecular formula is C40H45ClN6O4. The molecule has 5 aromatic rings. The lowest BCUT2D eigenvalue weighted by molar-refractivity contribution is 0.0208. The van der Waals surface area contributed by atoms with Gasteiger partial charge in [0.05, 0.1) is 29.7 Å². The molecule has 0 bridgehead atoms. The van der Waals surface area contributed by atoms with Gasteiger partial charge in [-0.25, -0.2) is 19.6 Å². The molecule has 0 saturated carbocycles. The zero-order chi connectivity index (χ0) is 36.1. The van der Waals surface area contributed by atoms with Crippen molar-refractivity contribution in [2.45, 2.75) is 90.5 Å². The highest BCUT2D eigenvalue weighted by Gasteiger charge is 2.36. The Hall–Kier alpha value is -4.83. The van der Waals surface area contributed by atoms with Crippen LogP contribution in [0, 0.1) is 0 Å². The lowest BCUT2D eigenvalue weighted by atomic mass is 9.98. The summed E-state index contributed by atoms with van der Waals surface area (Å²) >= 11 is 6.64. The van der Waals surface area contributed by atoms with E-state index in [-0.39, 0.29) is 24.3 Å². The molecule has 10 nitrogen and oxygen atoms in total. The van der Waals surface area contributed by atoms with E-state index >= 15 is 0 Å². The first-order valence-electron chi connectivity index (χ1n) is 17.7. The van der Waals surface area contributed by atoms with E-state index in [1.807, 2.05) is 59.9 Å². The quantitative estimate of drug-likeness (QED) is 0.188. The number of halogens is 1. The minimum Gasteiger partial charge on any atom is -0.444 e. The highest BCUT2D eigenvalue weighted by molar-refractivity contribution is 6.31. The molecule has 266 valence electrons. The average molecular weight is 709 g/mol. The van der Waals surface area contributed by atoms with Crippen LogP contribution in [-0.4, -0.2) is 66.2 Å². The molecular weight excluding hydrogens is 664 g/mol. The Labute approximate surface area is 303 Å². The van der Waals surface area contributed by atoms with Gasteiger partial charge in [-0.2, -0.15) is 0 Å². The van der Waals surface area contributed by atoms with E-state index in [9.17, 15) is 9.59 Å². The first-order chi connectivity index (χ1) is 24.2. The molecule has 2 N–H and O–H groups in total. The Morgan fingerprint density at radius 2 is 1.22 bits per heavy atom. The van der Waals surface area contributed by atoms with Crippen molar-refractivity contribution in [2.75, 3.05) is 13.1 Å². The zero-order valence-electron chi connectivity index (χ0n) is 30.0. The molecule has 2 amide bonds. The molecule has 51 heavy (non-hydrogen) atoms. The highest BCUT2D eigenvalue weighted by Crippen LogP contribution is 2.37. The number of hydrogen-bond acceptors (Lipinski definition) is 6. The molecule has 0 spiro atoms. The number of aromatic nitrogens is 4. The second-order valence-electron chi connectivity index (χ2n) is 15.5. The van der Waals surface area contributed by atoms with Crippen LogP contribution in [0.5, 0.6) is 0 Å². The van der Waals surface area contributed by atoms with E-state index in [1.54, 1.807) is 9.80 Å². The first kappa shape index (κ1) is 34.6. The lowest BCUT2D eigenvalue weighted by Gasteiger charge is -2.27. The molecule has 2 atom stereocenters. The van der Waals surface area contributed by atoms with Crippen LogP contribution in [0.2, 0.25) is 5.15 Å². The number of likely N-dealkylation sites (tertiary alicyclic amines) is 2. The summed E-state index contributed by atoms with van der Waals surface area (Å²) in [6.07, 6.45) is 4.64. The molecule has 11 heteroatoms. The van der Waals surface area contributed by atoms with Crippen LogP contribution in [0.15, 0.2) is 66.9 Å². The summed E-state index contributed by atoms with van der Waals surface area (Å²) in [5.74, 6) is 1.45. The van der Waals surface area contributed by atoms with Crippen LogP contribution in [0.25, 0.3) is 44.4 Å². The highest BCUT2D eigenvalue weighted by atomic mass is 35.5. The largest absolute Gasteiger partial charge is 0.444 e. The predicted octanol–water partition coefficient (Wildman–Crippen LogP) is 10.1. The average Bonchev–Trinajstić information content (AvgIpc) is 3.89. The van der Waals surface area contributed by atoms with Crippen LogP contribution in [0.4, 0.5) is 9.59 Å². The summed E-state index contributed by atoms with van der Waals surface area (Å²) in [6, 6.07) is 20.7. The van der Waals surface area contributed by atoms with Crippen molar-refractivity contribution >= 4 is 34.6 Å². The topological polar surface area (TPSA) is 116 Å². The van der Waals surface area contributed by atoms with Gasteiger partial charge in [0.1, 0.15) is 22.9 Å². The number of nitrogens with zero attached hydrogens (tertiary/aromatic N) is 4. The molecule has 3 aromatic carbocycles. The number of imidazole rings is 2. The summed E-state index contributed by atoms with van der Waals surface area (Å²) < 4.78 is 11.3. The number of H-pyrrole nitrogens is 2. The van der Waals surface area contributed by atoms with Gasteiger partial charge in [-0.05, 0) is 101 Å². The standard InChI is InChI=1S/C40H45ClN6O4/c1-39(2,3)50-37(48)46-19-7-9-31(46)35-42-23-30(43-35)29-18-17-27-21-26(15-16-28(27)22-29)24-11-13-25(14-12-24)33-34(41)45-36(44-33)32-10-8-20-47(32)38(49)51-40(4,5)6/h11-18,21-23,31-32H,7-10,19-20H2,1-6H3,(H,42,43)(H,44,45)/t31-,32?/m0/s1. The number of aromatic amines is 2. The third-order valence-electron chi connectivity index (χ3n) is 9.32. The normalized spacial score (nSPS) is 18.1. The Morgan fingerprint density at radius 3 is 1.80 bits per heavy atom. The SMILES string of the molecule is CC(C)(C)OC(=O)N1CCCC1c1nc(Cl)c(-c2ccc(-c3ccc4cc(-c5cnc([C@@H]6CCCN6C(=O)OC(C)(C)C)[nH]5)ccc4c3)cc2)[nH]1. The Bertz CT molecular complexity index is 2070. The van der Waals surface area contributed by atoms with E-state index in [0.29, 0.717) is 24.1 Å². The van der Waals surface area contributed by atoms with Gasteiger partial charge < -0.3 is 19.4 Å². The number of carbonyl (C=O) groups excluding carboxylic acids is 2. The fraction of sp³-hybridized carbons (Fsp3) is 0.400. The monoisotopic (exact) mass is 708 g/mol. The van der Waals surface area contributed by atoms with Gasteiger partial charge in [0, 0.05) is 24.2 Å². The summed E-state index contributed by atoms with van der Waals surface area (Å²) in [5.41, 5.74) is 4.66. The van der Waals surface area contributed by atoms with Crippen LogP contribution >= 0.6 is 11.6 Å².